The summed E-state index contributed by atoms with van der Waals surface area (Å²) in [6, 6.07) is 0. The molecule has 3 rings (SSSR count). The number of hydrogen-bond donors (Lipinski definition) is 2. The van der Waals surface area contributed by atoms with Crippen LogP contribution in [-0.2, 0) is 23.9 Å². The van der Waals surface area contributed by atoms with E-state index in [-0.39, 0.29) is 28.4 Å². The highest BCUT2D eigenvalue weighted by Crippen LogP contribution is 2.69. The number of allylic oxidation sites excluding steroid dienone is 7. The fourth-order valence-corrected chi connectivity index (χ4v) is 8.32. The molecule has 3 saturated carbocycles. The van der Waals surface area contributed by atoms with E-state index >= 15 is 0 Å². The standard InChI is InChI=1S/C34H50O7/c1-10-40-27(31(5,6)39)15-14-21(2)12-11-13-22(3)29-24(36)20-26-32(7)19-17-28(41-23(4)35)34(9,30(37)38)25(32)16-18-33(26,29)8/h11-15,25-28,39H,10,16-20H2,1-9H3,(H,37,38)/b13-11+,15-14+,21-12+,29-22+/t25-,26+,27?,28-,32+,33+,34-/m1/s1. The van der Waals surface area contributed by atoms with Crippen molar-refractivity contribution in [1.82, 2.24) is 0 Å². The van der Waals surface area contributed by atoms with Gasteiger partial charge in [0.15, 0.2) is 5.78 Å². The highest BCUT2D eigenvalue weighted by Gasteiger charge is 2.68. The van der Waals surface area contributed by atoms with Crippen molar-refractivity contribution in [1.29, 1.82) is 0 Å². The van der Waals surface area contributed by atoms with Crippen molar-refractivity contribution in [2.45, 2.75) is 112 Å². The Labute approximate surface area is 245 Å². The van der Waals surface area contributed by atoms with E-state index < -0.39 is 35.2 Å². The summed E-state index contributed by atoms with van der Waals surface area (Å²) in [5.74, 6) is -1.43. The van der Waals surface area contributed by atoms with Gasteiger partial charge in [-0.3, -0.25) is 14.4 Å². The van der Waals surface area contributed by atoms with Gasteiger partial charge in [-0.1, -0.05) is 49.8 Å². The van der Waals surface area contributed by atoms with E-state index in [9.17, 15) is 24.6 Å². The molecule has 1 unspecified atom stereocenters. The zero-order valence-corrected chi connectivity index (χ0v) is 26.4. The lowest BCUT2D eigenvalue weighted by Gasteiger charge is -2.61. The Bertz CT molecular complexity index is 1170. The zero-order valence-electron chi connectivity index (χ0n) is 26.4. The van der Waals surface area contributed by atoms with Gasteiger partial charge in [-0.25, -0.2) is 0 Å². The maximum absolute atomic E-state index is 13.6. The van der Waals surface area contributed by atoms with Crippen LogP contribution in [0.4, 0.5) is 0 Å². The average Bonchev–Trinajstić information content (AvgIpc) is 3.13. The van der Waals surface area contributed by atoms with Crippen LogP contribution in [0.25, 0.3) is 0 Å². The van der Waals surface area contributed by atoms with Crippen LogP contribution in [0.5, 0.6) is 0 Å². The maximum Gasteiger partial charge on any atom is 0.313 e. The van der Waals surface area contributed by atoms with E-state index in [4.69, 9.17) is 9.47 Å². The molecule has 0 aromatic carbocycles. The second kappa shape index (κ2) is 12.0. The number of esters is 1. The van der Waals surface area contributed by atoms with Gasteiger partial charge in [-0.05, 0) is 90.0 Å². The first kappa shape index (κ1) is 33.0. The van der Waals surface area contributed by atoms with Gasteiger partial charge in [0.2, 0.25) is 0 Å². The number of fused-ring (bicyclic) bond motifs is 3. The van der Waals surface area contributed by atoms with Gasteiger partial charge in [0.1, 0.15) is 17.6 Å². The van der Waals surface area contributed by atoms with Crippen LogP contribution in [0.3, 0.4) is 0 Å². The predicted octanol–water partition coefficient (Wildman–Crippen LogP) is 6.37. The molecule has 0 aliphatic heterocycles. The molecule has 2 N–H and O–H groups in total. The van der Waals surface area contributed by atoms with Crippen LogP contribution in [0.15, 0.2) is 47.1 Å². The van der Waals surface area contributed by atoms with Gasteiger partial charge in [0.25, 0.3) is 0 Å². The summed E-state index contributed by atoms with van der Waals surface area (Å²) in [5.41, 5.74) is -0.119. The van der Waals surface area contributed by atoms with E-state index in [0.717, 1.165) is 23.1 Å². The molecule has 3 aliphatic rings. The largest absolute Gasteiger partial charge is 0.481 e. The van der Waals surface area contributed by atoms with Crippen molar-refractivity contribution in [3.63, 3.8) is 0 Å². The molecule has 0 bridgehead atoms. The van der Waals surface area contributed by atoms with Crippen LogP contribution < -0.4 is 0 Å². The molecule has 0 amide bonds. The van der Waals surface area contributed by atoms with E-state index in [1.165, 1.54) is 6.92 Å². The lowest BCUT2D eigenvalue weighted by Crippen LogP contribution is -2.61. The average molecular weight is 571 g/mol. The Kier molecular flexibility index (Phi) is 9.66. The zero-order chi connectivity index (χ0) is 31.0. The Morgan fingerprint density at radius 3 is 2.29 bits per heavy atom. The molecule has 3 aliphatic carbocycles. The molecular weight excluding hydrogens is 520 g/mol. The number of ether oxygens (including phenoxy) is 2. The number of carbonyl (C=O) groups excluding carboxylic acids is 2. The first-order valence-electron chi connectivity index (χ1n) is 14.9. The van der Waals surface area contributed by atoms with Crippen molar-refractivity contribution in [3.05, 3.63) is 47.1 Å². The van der Waals surface area contributed by atoms with Crippen LogP contribution in [0.1, 0.15) is 94.4 Å². The van der Waals surface area contributed by atoms with E-state index in [1.807, 2.05) is 51.2 Å². The molecule has 0 aromatic rings. The summed E-state index contributed by atoms with van der Waals surface area (Å²) in [5, 5.41) is 20.7. The van der Waals surface area contributed by atoms with Crippen molar-refractivity contribution < 1.29 is 34.1 Å². The molecule has 7 heteroatoms. The lowest BCUT2D eigenvalue weighted by atomic mass is 9.42. The molecule has 0 aromatic heterocycles. The van der Waals surface area contributed by atoms with Gasteiger partial charge in [-0.15, -0.1) is 0 Å². The SMILES string of the molecule is CCOC(/C=C/C(C)=C/C=C/C(C)=C1\C(=O)C[C@H]2[C@@]3(C)CC[C@@H](OC(C)=O)[C@](C)(C(=O)O)[C@@H]3CC[C@]12C)C(C)(C)O. The molecule has 7 atom stereocenters. The van der Waals surface area contributed by atoms with Gasteiger partial charge < -0.3 is 19.7 Å². The molecule has 0 radical (unpaired) electrons. The number of aliphatic hydroxyl groups is 1. The molecule has 228 valence electrons. The minimum Gasteiger partial charge on any atom is -0.481 e. The minimum atomic E-state index is -1.20. The fraction of sp³-hybridized carbons (Fsp3) is 0.676. The normalized spacial score (nSPS) is 36.3. The Hall–Kier alpha value is -2.51. The number of ketones is 1. The van der Waals surface area contributed by atoms with Gasteiger partial charge >= 0.3 is 11.9 Å². The lowest BCUT2D eigenvalue weighted by molar-refractivity contribution is -0.204. The van der Waals surface area contributed by atoms with Gasteiger partial charge in [0, 0.05) is 30.9 Å². The molecule has 0 heterocycles. The van der Waals surface area contributed by atoms with E-state index in [1.54, 1.807) is 20.8 Å². The van der Waals surface area contributed by atoms with Crippen molar-refractivity contribution in [2.75, 3.05) is 6.61 Å². The highest BCUT2D eigenvalue weighted by atomic mass is 16.5. The first-order chi connectivity index (χ1) is 18.9. The number of Topliss-reactive ketones (excluding diaryl/α,β-unsaturated/α-hetero) is 1. The van der Waals surface area contributed by atoms with Gasteiger partial charge in [0.05, 0.1) is 5.60 Å². The third-order valence-electron chi connectivity index (χ3n) is 10.3. The molecule has 7 nitrogen and oxygen atoms in total. The van der Waals surface area contributed by atoms with Crippen LogP contribution in [0.2, 0.25) is 0 Å². The van der Waals surface area contributed by atoms with Crippen LogP contribution in [0, 0.1) is 28.1 Å². The quantitative estimate of drug-likeness (QED) is 0.188. The number of aliphatic carboxylic acids is 1. The van der Waals surface area contributed by atoms with E-state index in [2.05, 4.69) is 13.8 Å². The molecule has 3 fully saturated rings. The summed E-state index contributed by atoms with van der Waals surface area (Å²) in [7, 11) is 0. The Balaban J connectivity index is 1.89. The first-order valence-corrected chi connectivity index (χ1v) is 14.9. The topological polar surface area (TPSA) is 110 Å². The van der Waals surface area contributed by atoms with Gasteiger partial charge in [-0.2, -0.15) is 0 Å². The predicted molar refractivity (Wildman–Crippen MR) is 159 cm³/mol. The number of carboxylic acids is 1. The number of carboxylic acid groups (broad SMARTS) is 1. The fourth-order valence-electron chi connectivity index (χ4n) is 8.32. The van der Waals surface area contributed by atoms with Crippen molar-refractivity contribution >= 4 is 17.7 Å². The summed E-state index contributed by atoms with van der Waals surface area (Å²) in [4.78, 5) is 38.1. The Morgan fingerprint density at radius 1 is 1.07 bits per heavy atom. The minimum absolute atomic E-state index is 0.0223. The highest BCUT2D eigenvalue weighted by molar-refractivity contribution is 6.01. The summed E-state index contributed by atoms with van der Waals surface area (Å²) in [6.45, 7) is 17.2. The van der Waals surface area contributed by atoms with Crippen molar-refractivity contribution in [2.24, 2.45) is 28.1 Å². The molecule has 0 saturated heterocycles. The summed E-state index contributed by atoms with van der Waals surface area (Å²) >= 11 is 0. The smallest absolute Gasteiger partial charge is 0.313 e. The Morgan fingerprint density at radius 2 is 1.73 bits per heavy atom. The third kappa shape index (κ3) is 6.17. The summed E-state index contributed by atoms with van der Waals surface area (Å²) in [6.07, 6.45) is 11.6. The van der Waals surface area contributed by atoms with Crippen molar-refractivity contribution in [3.8, 4) is 0 Å². The number of rotatable bonds is 9. The molecular formula is C34H50O7. The monoisotopic (exact) mass is 570 g/mol. The maximum atomic E-state index is 13.6. The third-order valence-corrected chi connectivity index (χ3v) is 10.3. The van der Waals surface area contributed by atoms with Crippen LogP contribution in [-0.4, -0.2) is 52.4 Å². The molecule has 0 spiro atoms. The summed E-state index contributed by atoms with van der Waals surface area (Å²) < 4.78 is 11.2. The second-order valence-corrected chi connectivity index (χ2v) is 13.6. The molecule has 41 heavy (non-hydrogen) atoms. The van der Waals surface area contributed by atoms with Crippen LogP contribution >= 0.6 is 0 Å². The second-order valence-electron chi connectivity index (χ2n) is 13.6. The number of carbonyl (C=O) groups is 3. The number of hydrogen-bond acceptors (Lipinski definition) is 6. The van der Waals surface area contributed by atoms with E-state index in [0.29, 0.717) is 32.3 Å².